The van der Waals surface area contributed by atoms with Crippen LogP contribution in [0.15, 0.2) is 27.6 Å². The van der Waals surface area contributed by atoms with E-state index in [9.17, 15) is 8.42 Å². The second kappa shape index (κ2) is 6.01. The fourth-order valence-electron chi connectivity index (χ4n) is 2.50. The van der Waals surface area contributed by atoms with Gasteiger partial charge in [0.15, 0.2) is 0 Å². The highest BCUT2D eigenvalue weighted by molar-refractivity contribution is 9.10. The van der Waals surface area contributed by atoms with E-state index >= 15 is 0 Å². The van der Waals surface area contributed by atoms with Gasteiger partial charge in [0.1, 0.15) is 0 Å². The van der Waals surface area contributed by atoms with Crippen LogP contribution < -0.4 is 5.73 Å². The summed E-state index contributed by atoms with van der Waals surface area (Å²) in [5, 5.41) is 0. The molecular weight excluding hydrogens is 342 g/mol. The van der Waals surface area contributed by atoms with Gasteiger partial charge in [-0.1, -0.05) is 0 Å². The second-order valence-electron chi connectivity index (χ2n) is 5.25. The maximum absolute atomic E-state index is 12.6. The number of nitrogen functional groups attached to an aromatic ring is 1. The van der Waals surface area contributed by atoms with Crippen molar-refractivity contribution in [1.29, 1.82) is 0 Å². The first-order valence-electron chi connectivity index (χ1n) is 6.54. The number of likely N-dealkylation sites (tertiary alicyclic amines) is 1. The lowest BCUT2D eigenvalue weighted by molar-refractivity contribution is 0.271. The zero-order chi connectivity index (χ0) is 14.9. The van der Waals surface area contributed by atoms with Crippen molar-refractivity contribution in [1.82, 2.24) is 9.21 Å². The molecule has 1 aromatic rings. The minimum Gasteiger partial charge on any atom is -0.399 e. The van der Waals surface area contributed by atoms with Gasteiger partial charge in [0.2, 0.25) is 10.0 Å². The smallest absolute Gasteiger partial charge is 0.243 e. The minimum absolute atomic E-state index is 0.259. The summed E-state index contributed by atoms with van der Waals surface area (Å²) in [5.41, 5.74) is 6.19. The van der Waals surface area contributed by atoms with E-state index in [1.54, 1.807) is 25.2 Å². The van der Waals surface area contributed by atoms with E-state index in [4.69, 9.17) is 5.73 Å². The summed E-state index contributed by atoms with van der Waals surface area (Å²) < 4.78 is 27.1. The lowest BCUT2D eigenvalue weighted by Crippen LogP contribution is -2.39. The summed E-state index contributed by atoms with van der Waals surface area (Å²) in [5.74, 6) is 0. The number of nitrogens with zero attached hydrogens (tertiary/aromatic N) is 2. The van der Waals surface area contributed by atoms with Crippen molar-refractivity contribution < 1.29 is 8.42 Å². The Hall–Kier alpha value is -0.630. The van der Waals surface area contributed by atoms with Crippen molar-refractivity contribution in [2.45, 2.75) is 23.8 Å². The predicted molar refractivity (Wildman–Crippen MR) is 84.0 cm³/mol. The SMILES string of the molecule is CN1CCCC1CN(C)S(=O)(=O)c1ccc(N)cc1Br. The average Bonchev–Trinajstić information content (AvgIpc) is 2.74. The lowest BCUT2D eigenvalue weighted by Gasteiger charge is -2.25. The number of benzene rings is 1. The maximum atomic E-state index is 12.6. The quantitative estimate of drug-likeness (QED) is 0.829. The molecule has 1 unspecified atom stereocenters. The van der Waals surface area contributed by atoms with Crippen LogP contribution in [0.25, 0.3) is 0 Å². The Balaban J connectivity index is 2.20. The highest BCUT2D eigenvalue weighted by Crippen LogP contribution is 2.27. The molecule has 2 rings (SSSR count). The average molecular weight is 362 g/mol. The van der Waals surface area contributed by atoms with Gasteiger partial charge in [0, 0.05) is 29.8 Å². The summed E-state index contributed by atoms with van der Waals surface area (Å²) in [6.45, 7) is 1.54. The molecule has 1 heterocycles. The topological polar surface area (TPSA) is 66.6 Å². The molecule has 2 N–H and O–H groups in total. The Kier molecular flexibility index (Phi) is 4.73. The van der Waals surface area contributed by atoms with Crippen molar-refractivity contribution in [3.8, 4) is 0 Å². The molecule has 1 aromatic carbocycles. The summed E-state index contributed by atoms with van der Waals surface area (Å²) in [7, 11) is 0.175. The highest BCUT2D eigenvalue weighted by atomic mass is 79.9. The highest BCUT2D eigenvalue weighted by Gasteiger charge is 2.29. The standard InChI is InChI=1S/C13H20BrN3O2S/c1-16-7-3-4-11(16)9-17(2)20(18,19)13-6-5-10(15)8-12(13)14/h5-6,8,11H,3-4,7,9,15H2,1-2H3. The van der Waals surface area contributed by atoms with Gasteiger partial charge in [-0.3, -0.25) is 0 Å². The van der Waals surface area contributed by atoms with E-state index in [1.807, 2.05) is 7.05 Å². The third kappa shape index (κ3) is 3.16. The number of anilines is 1. The van der Waals surface area contributed by atoms with Gasteiger partial charge in [-0.25, -0.2) is 8.42 Å². The van der Waals surface area contributed by atoms with E-state index in [2.05, 4.69) is 20.8 Å². The summed E-state index contributed by atoms with van der Waals surface area (Å²) >= 11 is 3.28. The van der Waals surface area contributed by atoms with Crippen LogP contribution in [0.3, 0.4) is 0 Å². The summed E-state index contributed by atoms with van der Waals surface area (Å²) in [6.07, 6.45) is 2.17. The van der Waals surface area contributed by atoms with Crippen molar-refractivity contribution in [3.63, 3.8) is 0 Å². The van der Waals surface area contributed by atoms with Gasteiger partial charge in [-0.15, -0.1) is 0 Å². The number of hydrogen-bond donors (Lipinski definition) is 1. The molecule has 112 valence electrons. The molecule has 0 spiro atoms. The molecule has 20 heavy (non-hydrogen) atoms. The maximum Gasteiger partial charge on any atom is 0.243 e. The first-order chi connectivity index (χ1) is 9.32. The van der Waals surface area contributed by atoms with Gasteiger partial charge in [-0.2, -0.15) is 4.31 Å². The number of halogens is 1. The molecule has 0 radical (unpaired) electrons. The Morgan fingerprint density at radius 2 is 2.20 bits per heavy atom. The van der Waals surface area contributed by atoms with Crippen molar-refractivity contribution in [3.05, 3.63) is 22.7 Å². The van der Waals surface area contributed by atoms with Crippen molar-refractivity contribution in [2.24, 2.45) is 0 Å². The van der Waals surface area contributed by atoms with Crippen LogP contribution in [0.1, 0.15) is 12.8 Å². The van der Waals surface area contributed by atoms with Gasteiger partial charge >= 0.3 is 0 Å². The van der Waals surface area contributed by atoms with Gasteiger partial charge in [0.25, 0.3) is 0 Å². The van der Waals surface area contributed by atoms with Crippen molar-refractivity contribution in [2.75, 3.05) is 32.9 Å². The third-order valence-electron chi connectivity index (χ3n) is 3.78. The normalized spacial score (nSPS) is 20.7. The number of likely N-dealkylation sites (N-methyl/N-ethyl adjacent to an activating group) is 2. The second-order valence-corrected chi connectivity index (χ2v) is 8.12. The number of nitrogens with two attached hydrogens (primary N) is 1. The Bertz CT molecular complexity index is 591. The Morgan fingerprint density at radius 3 is 2.75 bits per heavy atom. The molecule has 1 atom stereocenters. The van der Waals surface area contributed by atoms with E-state index < -0.39 is 10.0 Å². The van der Waals surface area contributed by atoms with E-state index in [0.29, 0.717) is 22.7 Å². The van der Waals surface area contributed by atoms with E-state index in [-0.39, 0.29) is 4.90 Å². The zero-order valence-corrected chi connectivity index (χ0v) is 14.1. The van der Waals surface area contributed by atoms with Crippen LogP contribution in [-0.2, 0) is 10.0 Å². The van der Waals surface area contributed by atoms with E-state index in [1.165, 1.54) is 4.31 Å². The van der Waals surface area contributed by atoms with Crippen LogP contribution in [0.2, 0.25) is 0 Å². The van der Waals surface area contributed by atoms with Crippen LogP contribution in [0.5, 0.6) is 0 Å². The van der Waals surface area contributed by atoms with Gasteiger partial charge in [0.05, 0.1) is 4.90 Å². The fraction of sp³-hybridized carbons (Fsp3) is 0.538. The molecule has 0 aliphatic carbocycles. The molecule has 1 aliphatic heterocycles. The molecule has 1 aliphatic rings. The first-order valence-corrected chi connectivity index (χ1v) is 8.77. The van der Waals surface area contributed by atoms with Crippen LogP contribution in [-0.4, -0.2) is 50.8 Å². The minimum atomic E-state index is -3.49. The van der Waals surface area contributed by atoms with Crippen LogP contribution in [0.4, 0.5) is 5.69 Å². The number of sulfonamides is 1. The van der Waals surface area contributed by atoms with Crippen LogP contribution >= 0.6 is 15.9 Å². The third-order valence-corrected chi connectivity index (χ3v) is 6.58. The summed E-state index contributed by atoms with van der Waals surface area (Å²) in [4.78, 5) is 2.47. The van der Waals surface area contributed by atoms with Gasteiger partial charge < -0.3 is 10.6 Å². The lowest BCUT2D eigenvalue weighted by atomic mass is 10.2. The first kappa shape index (κ1) is 15.8. The van der Waals surface area contributed by atoms with Gasteiger partial charge in [-0.05, 0) is 60.6 Å². The monoisotopic (exact) mass is 361 g/mol. The molecule has 0 aromatic heterocycles. The number of hydrogen-bond acceptors (Lipinski definition) is 4. The Labute approximate surface area is 128 Å². The molecule has 0 bridgehead atoms. The number of rotatable bonds is 4. The van der Waals surface area contributed by atoms with E-state index in [0.717, 1.165) is 19.4 Å². The predicted octanol–water partition coefficient (Wildman–Crippen LogP) is 1.75. The molecule has 0 amide bonds. The zero-order valence-electron chi connectivity index (χ0n) is 11.7. The molecule has 5 nitrogen and oxygen atoms in total. The molecule has 7 heteroatoms. The molecule has 0 saturated carbocycles. The Morgan fingerprint density at radius 1 is 1.50 bits per heavy atom. The molecule has 1 fully saturated rings. The van der Waals surface area contributed by atoms with Crippen LogP contribution in [0, 0.1) is 0 Å². The largest absolute Gasteiger partial charge is 0.399 e. The fourth-order valence-corrected chi connectivity index (χ4v) is 4.76. The molecule has 1 saturated heterocycles. The molecular formula is C13H20BrN3O2S. The summed E-state index contributed by atoms with van der Waals surface area (Å²) in [6, 6.07) is 5.06. The van der Waals surface area contributed by atoms with Crippen molar-refractivity contribution >= 4 is 31.6 Å².